The Balaban J connectivity index is 1.60. The molecule has 2 aliphatic rings. The molecule has 1 aliphatic carbocycles. The third-order valence-electron chi connectivity index (χ3n) is 7.34. The summed E-state index contributed by atoms with van der Waals surface area (Å²) in [7, 11) is -0.382. The summed E-state index contributed by atoms with van der Waals surface area (Å²) in [6.07, 6.45) is 0.859. The second-order valence-electron chi connectivity index (χ2n) is 10.3. The van der Waals surface area contributed by atoms with Crippen molar-refractivity contribution in [3.8, 4) is 11.4 Å². The van der Waals surface area contributed by atoms with Crippen molar-refractivity contribution in [1.82, 2.24) is 20.2 Å². The Bertz CT molecular complexity index is 1530. The van der Waals surface area contributed by atoms with E-state index in [4.69, 9.17) is 14.7 Å². The first-order valence-electron chi connectivity index (χ1n) is 13.6. The van der Waals surface area contributed by atoms with Gasteiger partial charge in [0.2, 0.25) is 5.91 Å². The van der Waals surface area contributed by atoms with Crippen LogP contribution in [-0.2, 0) is 24.1 Å². The van der Waals surface area contributed by atoms with E-state index in [1.807, 2.05) is 11.8 Å². The molecule has 0 spiro atoms. The maximum atomic E-state index is 13.9. The number of ether oxygens (including phenoxy) is 1. The van der Waals surface area contributed by atoms with Crippen molar-refractivity contribution in [3.05, 3.63) is 66.4 Å². The van der Waals surface area contributed by atoms with E-state index >= 15 is 0 Å². The van der Waals surface area contributed by atoms with Gasteiger partial charge in [-0.3, -0.25) is 4.79 Å². The van der Waals surface area contributed by atoms with Gasteiger partial charge in [-0.15, -0.1) is 0 Å². The van der Waals surface area contributed by atoms with Crippen molar-refractivity contribution in [2.45, 2.75) is 35.4 Å². The Kier molecular flexibility index (Phi) is 7.96. The molecule has 1 saturated heterocycles. The number of carbonyl (C=O) groups is 2. The van der Waals surface area contributed by atoms with Gasteiger partial charge in [0.05, 0.1) is 23.8 Å². The number of rotatable bonds is 8. The number of benzene rings is 2. The summed E-state index contributed by atoms with van der Waals surface area (Å²) >= 11 is 0. The Hall–Kier alpha value is -4.03. The number of hydrogen-bond acceptors (Lipinski definition) is 8. The fraction of sp³-hybridized carbons (Fsp3) is 0.379. The topological polar surface area (TPSA) is 134 Å². The highest BCUT2D eigenvalue weighted by Gasteiger charge is 2.58. The van der Waals surface area contributed by atoms with E-state index in [0.29, 0.717) is 61.1 Å². The number of anilines is 2. The van der Waals surface area contributed by atoms with Crippen LogP contribution >= 0.6 is 0 Å². The second-order valence-corrected chi connectivity index (χ2v) is 12.6. The van der Waals surface area contributed by atoms with Crippen LogP contribution in [0.25, 0.3) is 11.4 Å². The highest BCUT2D eigenvalue weighted by Crippen LogP contribution is 2.55. The number of urea groups is 1. The van der Waals surface area contributed by atoms with Crippen LogP contribution in [0.3, 0.4) is 0 Å². The van der Waals surface area contributed by atoms with E-state index in [1.54, 1.807) is 74.8 Å². The number of nitrogens with one attached hydrogen (secondary N) is 2. The van der Waals surface area contributed by atoms with Gasteiger partial charge in [0.15, 0.2) is 15.7 Å². The molecular weight excluding hydrogens is 544 g/mol. The molecule has 11 nitrogen and oxygen atoms in total. The molecule has 1 aromatic heterocycles. The van der Waals surface area contributed by atoms with Gasteiger partial charge in [-0.2, -0.15) is 0 Å². The van der Waals surface area contributed by atoms with Crippen LogP contribution in [0.2, 0.25) is 0 Å². The van der Waals surface area contributed by atoms with Crippen LogP contribution in [0.5, 0.6) is 0 Å². The lowest BCUT2D eigenvalue weighted by molar-refractivity contribution is -0.132. The molecule has 1 atom stereocenters. The SMILES string of the molecule is CCNC(=O)Nc1ccc(-c2nc(N3CCOCC3C(=O)N(C)C)cc(C3(S(=O)(=O)c4ccccc4)CC3)n2)cc1. The van der Waals surface area contributed by atoms with Crippen molar-refractivity contribution in [3.63, 3.8) is 0 Å². The molecule has 1 aliphatic heterocycles. The van der Waals surface area contributed by atoms with E-state index in [2.05, 4.69) is 10.6 Å². The van der Waals surface area contributed by atoms with Crippen LogP contribution in [0, 0.1) is 0 Å². The summed E-state index contributed by atoms with van der Waals surface area (Å²) in [5, 5.41) is 5.45. The van der Waals surface area contributed by atoms with Gasteiger partial charge in [-0.1, -0.05) is 18.2 Å². The smallest absolute Gasteiger partial charge is 0.319 e. The summed E-state index contributed by atoms with van der Waals surface area (Å²) in [6, 6.07) is 16.2. The molecule has 216 valence electrons. The number of amides is 3. The average molecular weight is 579 g/mol. The zero-order valence-corrected chi connectivity index (χ0v) is 24.1. The van der Waals surface area contributed by atoms with Crippen molar-refractivity contribution < 1.29 is 22.7 Å². The second kappa shape index (κ2) is 11.5. The lowest BCUT2D eigenvalue weighted by Gasteiger charge is -2.37. The molecule has 2 aromatic carbocycles. The molecule has 5 rings (SSSR count). The Morgan fingerprint density at radius 1 is 1.07 bits per heavy atom. The summed E-state index contributed by atoms with van der Waals surface area (Å²) in [4.78, 5) is 38.3. The zero-order chi connectivity index (χ0) is 29.2. The minimum atomic E-state index is -3.76. The van der Waals surface area contributed by atoms with Crippen molar-refractivity contribution in [1.29, 1.82) is 0 Å². The average Bonchev–Trinajstić information content (AvgIpc) is 3.80. The van der Waals surface area contributed by atoms with E-state index in [0.717, 1.165) is 0 Å². The fourth-order valence-corrected chi connectivity index (χ4v) is 6.95. The maximum Gasteiger partial charge on any atom is 0.319 e. The quantitative estimate of drug-likeness (QED) is 0.417. The van der Waals surface area contributed by atoms with Gasteiger partial charge in [0, 0.05) is 44.5 Å². The van der Waals surface area contributed by atoms with E-state index in [-0.39, 0.29) is 23.4 Å². The van der Waals surface area contributed by atoms with Crippen molar-refractivity contribution in [2.75, 3.05) is 50.6 Å². The maximum absolute atomic E-state index is 13.9. The van der Waals surface area contributed by atoms with E-state index in [1.165, 1.54) is 4.90 Å². The van der Waals surface area contributed by atoms with Gasteiger partial charge in [-0.25, -0.2) is 23.2 Å². The highest BCUT2D eigenvalue weighted by molar-refractivity contribution is 7.92. The Labute approximate surface area is 239 Å². The molecule has 12 heteroatoms. The normalized spacial score (nSPS) is 17.9. The lowest BCUT2D eigenvalue weighted by atomic mass is 10.1. The molecule has 2 heterocycles. The first-order valence-corrected chi connectivity index (χ1v) is 15.0. The number of likely N-dealkylation sites (N-methyl/N-ethyl adjacent to an activating group) is 1. The van der Waals surface area contributed by atoms with Gasteiger partial charge in [0.25, 0.3) is 0 Å². The predicted octanol–water partition coefficient (Wildman–Crippen LogP) is 3.04. The molecule has 0 bridgehead atoms. The monoisotopic (exact) mass is 578 g/mol. The van der Waals surface area contributed by atoms with E-state index < -0.39 is 20.6 Å². The van der Waals surface area contributed by atoms with Crippen LogP contribution in [0.1, 0.15) is 25.5 Å². The van der Waals surface area contributed by atoms with Crippen molar-refractivity contribution in [2.24, 2.45) is 0 Å². The van der Waals surface area contributed by atoms with Crippen LogP contribution < -0.4 is 15.5 Å². The van der Waals surface area contributed by atoms with Crippen LogP contribution in [-0.4, -0.2) is 81.7 Å². The number of carbonyl (C=O) groups excluding carboxylic acids is 2. The van der Waals surface area contributed by atoms with Gasteiger partial charge in [-0.05, 0) is 56.2 Å². The predicted molar refractivity (Wildman–Crippen MR) is 155 cm³/mol. The summed E-state index contributed by atoms with van der Waals surface area (Å²) in [5.41, 5.74) is 1.63. The molecule has 2 N–H and O–H groups in total. The molecule has 2 fully saturated rings. The molecule has 3 aromatic rings. The van der Waals surface area contributed by atoms with Gasteiger partial charge >= 0.3 is 6.03 Å². The number of morpholine rings is 1. The minimum Gasteiger partial charge on any atom is -0.377 e. The summed E-state index contributed by atoms with van der Waals surface area (Å²) in [6.45, 7) is 3.34. The molecule has 0 radical (unpaired) electrons. The largest absolute Gasteiger partial charge is 0.377 e. The van der Waals surface area contributed by atoms with Crippen LogP contribution in [0.15, 0.2) is 65.6 Å². The van der Waals surface area contributed by atoms with E-state index in [9.17, 15) is 18.0 Å². The summed E-state index contributed by atoms with van der Waals surface area (Å²) in [5.74, 6) is 0.664. The first kappa shape index (κ1) is 28.5. The fourth-order valence-electron chi connectivity index (χ4n) is 4.96. The number of sulfone groups is 1. The van der Waals surface area contributed by atoms with Crippen LogP contribution in [0.4, 0.5) is 16.3 Å². The number of nitrogens with zero attached hydrogens (tertiary/aromatic N) is 4. The zero-order valence-electron chi connectivity index (χ0n) is 23.3. The third kappa shape index (κ3) is 5.62. The minimum absolute atomic E-state index is 0.134. The van der Waals surface area contributed by atoms with Gasteiger partial charge < -0.3 is 25.2 Å². The standard InChI is InChI=1S/C29H34N6O5S/c1-4-30-28(37)31-21-12-10-20(11-13-21)26-32-24(29(14-15-29)41(38,39)22-8-6-5-7-9-22)18-25(33-26)35-16-17-40-19-23(35)27(36)34(2)3/h5-13,18,23H,4,14-17,19H2,1-3H3,(H2,30,31,37). The van der Waals surface area contributed by atoms with Crippen molar-refractivity contribution >= 4 is 33.3 Å². The molecule has 1 unspecified atom stereocenters. The molecular formula is C29H34N6O5S. The molecule has 1 saturated carbocycles. The highest BCUT2D eigenvalue weighted by atomic mass is 32.2. The molecule has 41 heavy (non-hydrogen) atoms. The lowest BCUT2D eigenvalue weighted by Crippen LogP contribution is -2.54. The summed E-state index contributed by atoms with van der Waals surface area (Å²) < 4.78 is 32.3. The van der Waals surface area contributed by atoms with Gasteiger partial charge in [0.1, 0.15) is 16.6 Å². The molecule has 3 amide bonds. The number of aromatic nitrogens is 2. The number of hydrogen-bond donors (Lipinski definition) is 2. The Morgan fingerprint density at radius 2 is 1.78 bits per heavy atom. The Morgan fingerprint density at radius 3 is 2.41 bits per heavy atom. The third-order valence-corrected chi connectivity index (χ3v) is 9.88. The first-order chi connectivity index (χ1) is 19.7.